The Labute approximate surface area is 198 Å². The van der Waals surface area contributed by atoms with E-state index in [2.05, 4.69) is 101 Å². The summed E-state index contributed by atoms with van der Waals surface area (Å²) in [6.45, 7) is 22.1. The monoisotopic (exact) mass is 443 g/mol. The third kappa shape index (κ3) is 3.53. The number of rotatable bonds is 5. The minimum absolute atomic E-state index is 0.0744. The van der Waals surface area contributed by atoms with Crippen molar-refractivity contribution in [2.24, 2.45) is 5.41 Å². The largest absolute Gasteiger partial charge is 0.341 e. The SMILES string of the molecule is CCN(CC)c1nc(C)nc(-c2ccc(-c3ccc4c(c3)C(C)(C)C(C)(C)C4(C)C)nc2)n1. The van der Waals surface area contributed by atoms with Gasteiger partial charge in [-0.25, -0.2) is 4.98 Å². The van der Waals surface area contributed by atoms with E-state index in [1.807, 2.05) is 13.1 Å². The molecule has 3 aromatic rings. The third-order valence-corrected chi connectivity index (χ3v) is 8.59. The van der Waals surface area contributed by atoms with Crippen LogP contribution in [0.1, 0.15) is 72.3 Å². The fourth-order valence-corrected chi connectivity index (χ4v) is 5.16. The van der Waals surface area contributed by atoms with Gasteiger partial charge in [-0.3, -0.25) is 4.98 Å². The van der Waals surface area contributed by atoms with Gasteiger partial charge in [0.25, 0.3) is 0 Å². The van der Waals surface area contributed by atoms with E-state index in [0.29, 0.717) is 5.82 Å². The fourth-order valence-electron chi connectivity index (χ4n) is 5.16. The lowest BCUT2D eigenvalue weighted by Crippen LogP contribution is -2.42. The van der Waals surface area contributed by atoms with Crippen LogP contribution in [-0.4, -0.2) is 33.0 Å². The van der Waals surface area contributed by atoms with Gasteiger partial charge >= 0.3 is 0 Å². The van der Waals surface area contributed by atoms with Crippen molar-refractivity contribution in [1.82, 2.24) is 19.9 Å². The number of aryl methyl sites for hydroxylation is 1. The molecular weight excluding hydrogens is 406 g/mol. The van der Waals surface area contributed by atoms with Gasteiger partial charge in [-0.15, -0.1) is 0 Å². The zero-order valence-electron chi connectivity index (χ0n) is 21.6. The van der Waals surface area contributed by atoms with E-state index in [-0.39, 0.29) is 16.2 Å². The molecule has 33 heavy (non-hydrogen) atoms. The molecule has 0 aliphatic heterocycles. The van der Waals surface area contributed by atoms with E-state index in [0.717, 1.165) is 41.7 Å². The lowest BCUT2D eigenvalue weighted by Gasteiger charge is -2.44. The van der Waals surface area contributed by atoms with Crippen molar-refractivity contribution in [2.75, 3.05) is 18.0 Å². The Hall–Kier alpha value is -2.82. The molecule has 0 atom stereocenters. The number of pyridine rings is 1. The highest BCUT2D eigenvalue weighted by Crippen LogP contribution is 2.61. The molecule has 0 fully saturated rings. The summed E-state index contributed by atoms with van der Waals surface area (Å²) in [6, 6.07) is 11.0. The van der Waals surface area contributed by atoms with E-state index >= 15 is 0 Å². The summed E-state index contributed by atoms with van der Waals surface area (Å²) in [5.74, 6) is 2.11. The molecule has 0 radical (unpaired) electrons. The Morgan fingerprint density at radius 3 is 2.00 bits per heavy atom. The van der Waals surface area contributed by atoms with Crippen LogP contribution in [0.5, 0.6) is 0 Å². The molecule has 0 saturated heterocycles. The van der Waals surface area contributed by atoms with Gasteiger partial charge in [-0.2, -0.15) is 9.97 Å². The van der Waals surface area contributed by atoms with Crippen LogP contribution in [0.3, 0.4) is 0 Å². The molecule has 174 valence electrons. The fraction of sp³-hybridized carbons (Fsp3) is 0.500. The van der Waals surface area contributed by atoms with Crippen LogP contribution >= 0.6 is 0 Å². The zero-order chi connectivity index (χ0) is 24.2. The van der Waals surface area contributed by atoms with E-state index in [1.165, 1.54) is 11.1 Å². The van der Waals surface area contributed by atoms with Crippen molar-refractivity contribution in [3.05, 3.63) is 53.5 Å². The van der Waals surface area contributed by atoms with Gasteiger partial charge in [0.05, 0.1) is 5.69 Å². The smallest absolute Gasteiger partial charge is 0.229 e. The first kappa shape index (κ1) is 23.3. The lowest BCUT2D eigenvalue weighted by atomic mass is 9.59. The highest BCUT2D eigenvalue weighted by atomic mass is 15.3. The Morgan fingerprint density at radius 2 is 1.39 bits per heavy atom. The number of fused-ring (bicyclic) bond motifs is 1. The average Bonchev–Trinajstić information content (AvgIpc) is 2.88. The zero-order valence-corrected chi connectivity index (χ0v) is 21.6. The maximum absolute atomic E-state index is 4.80. The molecule has 0 saturated carbocycles. The van der Waals surface area contributed by atoms with Crippen molar-refractivity contribution >= 4 is 5.95 Å². The Bertz CT molecular complexity index is 1170. The van der Waals surface area contributed by atoms with Crippen molar-refractivity contribution in [1.29, 1.82) is 0 Å². The molecule has 1 aliphatic rings. The van der Waals surface area contributed by atoms with E-state index in [4.69, 9.17) is 9.97 Å². The maximum atomic E-state index is 4.80. The molecular formula is C28H37N5. The van der Waals surface area contributed by atoms with Gasteiger partial charge in [0.15, 0.2) is 5.82 Å². The molecule has 1 aliphatic carbocycles. The maximum Gasteiger partial charge on any atom is 0.229 e. The van der Waals surface area contributed by atoms with Crippen molar-refractivity contribution in [2.45, 2.75) is 73.1 Å². The van der Waals surface area contributed by atoms with Crippen molar-refractivity contribution in [3.63, 3.8) is 0 Å². The summed E-state index contributed by atoms with van der Waals surface area (Å²) in [7, 11) is 0. The highest BCUT2D eigenvalue weighted by Gasteiger charge is 2.56. The van der Waals surface area contributed by atoms with Crippen LogP contribution < -0.4 is 4.90 Å². The molecule has 0 amide bonds. The van der Waals surface area contributed by atoms with Gasteiger partial charge in [0, 0.05) is 30.4 Å². The van der Waals surface area contributed by atoms with Gasteiger partial charge in [0.1, 0.15) is 5.82 Å². The van der Waals surface area contributed by atoms with Crippen LogP contribution in [0.4, 0.5) is 5.95 Å². The molecule has 0 unspecified atom stereocenters. The van der Waals surface area contributed by atoms with Gasteiger partial charge in [0.2, 0.25) is 5.95 Å². The van der Waals surface area contributed by atoms with E-state index in [1.54, 1.807) is 0 Å². The van der Waals surface area contributed by atoms with Crippen LogP contribution in [-0.2, 0) is 10.8 Å². The summed E-state index contributed by atoms with van der Waals surface area (Å²) in [6.07, 6.45) is 1.88. The quantitative estimate of drug-likeness (QED) is 0.460. The number of benzene rings is 1. The first-order valence-corrected chi connectivity index (χ1v) is 12.0. The third-order valence-electron chi connectivity index (χ3n) is 8.59. The first-order chi connectivity index (χ1) is 15.4. The number of hydrogen-bond donors (Lipinski definition) is 0. The second kappa shape index (κ2) is 7.89. The van der Waals surface area contributed by atoms with E-state index in [9.17, 15) is 0 Å². The first-order valence-electron chi connectivity index (χ1n) is 12.0. The minimum atomic E-state index is 0.0744. The van der Waals surface area contributed by atoms with Crippen LogP contribution in [0.15, 0.2) is 36.5 Å². The highest BCUT2D eigenvalue weighted by molar-refractivity contribution is 5.67. The standard InChI is InChI=1S/C28H37N5/c1-10-33(11-2)25-31-18(3)30-24(32-25)20-13-15-23(29-17-20)19-12-14-21-22(16-19)27(6,7)28(8,9)26(21,4)5/h12-17H,10-11H2,1-9H3. The predicted octanol–water partition coefficient (Wildman–Crippen LogP) is 6.35. The number of anilines is 1. The Kier molecular flexibility index (Phi) is 5.58. The molecule has 1 aromatic carbocycles. The Morgan fingerprint density at radius 1 is 0.758 bits per heavy atom. The number of nitrogens with zero attached hydrogens (tertiary/aromatic N) is 5. The topological polar surface area (TPSA) is 54.8 Å². The second-order valence-corrected chi connectivity index (χ2v) is 10.7. The normalized spacial score (nSPS) is 17.6. The molecule has 0 N–H and O–H groups in total. The minimum Gasteiger partial charge on any atom is -0.341 e. The summed E-state index contributed by atoms with van der Waals surface area (Å²) in [4.78, 5) is 20.7. The van der Waals surface area contributed by atoms with Gasteiger partial charge in [-0.1, -0.05) is 53.7 Å². The van der Waals surface area contributed by atoms with Crippen molar-refractivity contribution in [3.8, 4) is 22.6 Å². The molecule has 0 spiro atoms. The van der Waals surface area contributed by atoms with Crippen molar-refractivity contribution < 1.29 is 0 Å². The number of aromatic nitrogens is 4. The molecule has 2 heterocycles. The van der Waals surface area contributed by atoms with Crippen LogP contribution in [0.25, 0.3) is 22.6 Å². The average molecular weight is 444 g/mol. The van der Waals surface area contributed by atoms with Gasteiger partial charge < -0.3 is 4.90 Å². The van der Waals surface area contributed by atoms with E-state index < -0.39 is 0 Å². The summed E-state index contributed by atoms with van der Waals surface area (Å²) >= 11 is 0. The molecule has 4 rings (SSSR count). The lowest BCUT2D eigenvalue weighted by molar-refractivity contribution is 0.125. The number of hydrogen-bond acceptors (Lipinski definition) is 5. The summed E-state index contributed by atoms with van der Waals surface area (Å²) in [5, 5.41) is 0. The van der Waals surface area contributed by atoms with Crippen LogP contribution in [0.2, 0.25) is 0 Å². The van der Waals surface area contributed by atoms with Crippen LogP contribution in [0, 0.1) is 12.3 Å². The molecule has 5 heteroatoms. The molecule has 0 bridgehead atoms. The summed E-state index contributed by atoms with van der Waals surface area (Å²) < 4.78 is 0. The second-order valence-electron chi connectivity index (χ2n) is 10.7. The molecule has 2 aromatic heterocycles. The summed E-state index contributed by atoms with van der Waals surface area (Å²) in [5.41, 5.74) is 6.23. The molecule has 5 nitrogen and oxygen atoms in total. The predicted molar refractivity (Wildman–Crippen MR) is 137 cm³/mol. The van der Waals surface area contributed by atoms with Gasteiger partial charge in [-0.05, 0) is 66.3 Å². The Balaban J connectivity index is 1.70.